The normalized spacial score (nSPS) is 17.8. The standard InChI is InChI=1S/C26H23NO4/c1-16-9-7-14-21(17(16)2)27-23(18-10-5-4-6-11-18)22(25(29)26(27)30)24(28)19-12-8-13-20(15-19)31-3/h4-15,23,28H,1-3H3/b24-22+. The smallest absolute Gasteiger partial charge is 0.300 e. The molecule has 0 aromatic heterocycles. The number of amides is 1. The van der Waals surface area contributed by atoms with Gasteiger partial charge in [-0.2, -0.15) is 0 Å². The third-order valence-corrected chi connectivity index (χ3v) is 5.74. The van der Waals surface area contributed by atoms with Gasteiger partial charge in [0.15, 0.2) is 0 Å². The van der Waals surface area contributed by atoms with E-state index in [4.69, 9.17) is 4.74 Å². The number of Topliss-reactive ketones (excluding diaryl/α,β-unsaturated/α-hetero) is 1. The Balaban J connectivity index is 1.97. The van der Waals surface area contributed by atoms with Gasteiger partial charge in [-0.3, -0.25) is 14.5 Å². The van der Waals surface area contributed by atoms with Crippen LogP contribution >= 0.6 is 0 Å². The van der Waals surface area contributed by atoms with E-state index in [1.54, 1.807) is 24.3 Å². The van der Waals surface area contributed by atoms with E-state index in [1.807, 2.05) is 62.4 Å². The summed E-state index contributed by atoms with van der Waals surface area (Å²) >= 11 is 0. The van der Waals surface area contributed by atoms with Crippen LogP contribution in [0.15, 0.2) is 78.4 Å². The quantitative estimate of drug-likeness (QED) is 0.374. The first kappa shape index (κ1) is 20.4. The van der Waals surface area contributed by atoms with Crippen LogP contribution in [0, 0.1) is 13.8 Å². The Bertz CT molecular complexity index is 1200. The van der Waals surface area contributed by atoms with E-state index < -0.39 is 17.7 Å². The van der Waals surface area contributed by atoms with Crippen LogP contribution in [0.2, 0.25) is 0 Å². The summed E-state index contributed by atoms with van der Waals surface area (Å²) in [5.41, 5.74) is 3.79. The van der Waals surface area contributed by atoms with Gasteiger partial charge in [0.2, 0.25) is 0 Å². The molecule has 5 heteroatoms. The molecule has 1 amide bonds. The highest BCUT2D eigenvalue weighted by Gasteiger charge is 2.47. The Morgan fingerprint density at radius 2 is 1.65 bits per heavy atom. The van der Waals surface area contributed by atoms with Crippen LogP contribution < -0.4 is 9.64 Å². The number of aryl methyl sites for hydroxylation is 1. The molecule has 0 radical (unpaired) electrons. The van der Waals surface area contributed by atoms with Crippen molar-refractivity contribution >= 4 is 23.1 Å². The monoisotopic (exact) mass is 413 g/mol. The Kier molecular flexibility index (Phi) is 5.34. The molecule has 5 nitrogen and oxygen atoms in total. The molecule has 3 aromatic carbocycles. The van der Waals surface area contributed by atoms with Crippen molar-refractivity contribution in [2.24, 2.45) is 0 Å². The molecule has 1 N–H and O–H groups in total. The van der Waals surface area contributed by atoms with Crippen molar-refractivity contribution in [1.82, 2.24) is 0 Å². The number of hydrogen-bond acceptors (Lipinski definition) is 4. The van der Waals surface area contributed by atoms with Crippen LogP contribution in [0.25, 0.3) is 5.76 Å². The van der Waals surface area contributed by atoms with E-state index in [0.717, 1.165) is 16.7 Å². The summed E-state index contributed by atoms with van der Waals surface area (Å²) in [5.74, 6) is -1.05. The minimum absolute atomic E-state index is 0.0605. The Hall–Kier alpha value is -3.86. The summed E-state index contributed by atoms with van der Waals surface area (Å²) < 4.78 is 5.25. The number of ether oxygens (including phenoxy) is 1. The topological polar surface area (TPSA) is 66.8 Å². The molecule has 0 saturated carbocycles. The fourth-order valence-corrected chi connectivity index (χ4v) is 3.95. The number of carbonyl (C=O) groups excluding carboxylic acids is 2. The summed E-state index contributed by atoms with van der Waals surface area (Å²) in [4.78, 5) is 27.9. The van der Waals surface area contributed by atoms with Gasteiger partial charge in [0.05, 0.1) is 18.7 Å². The molecule has 1 atom stereocenters. The van der Waals surface area contributed by atoms with E-state index in [0.29, 0.717) is 17.0 Å². The maximum absolute atomic E-state index is 13.2. The minimum Gasteiger partial charge on any atom is -0.507 e. The summed E-state index contributed by atoms with van der Waals surface area (Å²) in [6.45, 7) is 3.89. The second-order valence-electron chi connectivity index (χ2n) is 7.53. The average Bonchev–Trinajstić information content (AvgIpc) is 3.06. The molecule has 1 fully saturated rings. The van der Waals surface area contributed by atoms with E-state index in [1.165, 1.54) is 12.0 Å². The zero-order valence-corrected chi connectivity index (χ0v) is 17.6. The van der Waals surface area contributed by atoms with E-state index >= 15 is 0 Å². The molecular weight excluding hydrogens is 390 g/mol. The van der Waals surface area contributed by atoms with Crippen molar-refractivity contribution in [2.45, 2.75) is 19.9 Å². The lowest BCUT2D eigenvalue weighted by Crippen LogP contribution is -2.30. The van der Waals surface area contributed by atoms with Gasteiger partial charge in [-0.1, -0.05) is 54.6 Å². The molecule has 1 heterocycles. The van der Waals surface area contributed by atoms with Gasteiger partial charge in [0.1, 0.15) is 11.5 Å². The van der Waals surface area contributed by atoms with Crippen molar-refractivity contribution in [2.75, 3.05) is 12.0 Å². The Labute approximate surface area is 181 Å². The maximum atomic E-state index is 13.2. The van der Waals surface area contributed by atoms with Crippen molar-refractivity contribution in [3.8, 4) is 5.75 Å². The first-order valence-electron chi connectivity index (χ1n) is 10.0. The van der Waals surface area contributed by atoms with Gasteiger partial charge in [0, 0.05) is 11.3 Å². The van der Waals surface area contributed by atoms with Crippen LogP contribution in [0.4, 0.5) is 5.69 Å². The van der Waals surface area contributed by atoms with Gasteiger partial charge < -0.3 is 9.84 Å². The number of carbonyl (C=O) groups is 2. The predicted molar refractivity (Wildman–Crippen MR) is 120 cm³/mol. The fraction of sp³-hybridized carbons (Fsp3) is 0.154. The number of methoxy groups -OCH3 is 1. The number of aliphatic hydroxyl groups excluding tert-OH is 1. The van der Waals surface area contributed by atoms with Gasteiger partial charge in [0.25, 0.3) is 11.7 Å². The maximum Gasteiger partial charge on any atom is 0.300 e. The summed E-state index contributed by atoms with van der Waals surface area (Å²) in [7, 11) is 1.53. The third-order valence-electron chi connectivity index (χ3n) is 5.74. The lowest BCUT2D eigenvalue weighted by molar-refractivity contribution is -0.132. The first-order valence-corrected chi connectivity index (χ1v) is 10.0. The zero-order chi connectivity index (χ0) is 22.1. The lowest BCUT2D eigenvalue weighted by atomic mass is 9.94. The number of rotatable bonds is 4. The lowest BCUT2D eigenvalue weighted by Gasteiger charge is -2.27. The number of hydrogen-bond donors (Lipinski definition) is 1. The van der Waals surface area contributed by atoms with Gasteiger partial charge >= 0.3 is 0 Å². The second kappa shape index (κ2) is 8.11. The molecule has 1 aliphatic heterocycles. The number of ketones is 1. The molecule has 0 aliphatic carbocycles. The molecule has 1 unspecified atom stereocenters. The Morgan fingerprint density at radius 3 is 2.35 bits per heavy atom. The van der Waals surface area contributed by atoms with E-state index in [2.05, 4.69) is 0 Å². The van der Waals surface area contributed by atoms with E-state index in [-0.39, 0.29) is 11.3 Å². The van der Waals surface area contributed by atoms with E-state index in [9.17, 15) is 14.7 Å². The number of aliphatic hydroxyl groups is 1. The van der Waals surface area contributed by atoms with Crippen LogP contribution in [0.3, 0.4) is 0 Å². The predicted octanol–water partition coefficient (Wildman–Crippen LogP) is 4.94. The Morgan fingerprint density at radius 1 is 0.935 bits per heavy atom. The van der Waals surface area contributed by atoms with Gasteiger partial charge in [-0.15, -0.1) is 0 Å². The summed E-state index contributed by atoms with van der Waals surface area (Å²) in [5, 5.41) is 11.2. The first-order chi connectivity index (χ1) is 14.9. The van der Waals surface area contributed by atoms with Gasteiger partial charge in [-0.25, -0.2) is 0 Å². The average molecular weight is 413 g/mol. The minimum atomic E-state index is -0.743. The molecule has 0 bridgehead atoms. The third kappa shape index (κ3) is 3.48. The molecule has 0 spiro atoms. The van der Waals surface area contributed by atoms with Crippen molar-refractivity contribution in [1.29, 1.82) is 0 Å². The highest BCUT2D eigenvalue weighted by atomic mass is 16.5. The van der Waals surface area contributed by atoms with Crippen molar-refractivity contribution in [3.05, 3.63) is 101 Å². The molecular formula is C26H23NO4. The zero-order valence-electron chi connectivity index (χ0n) is 17.6. The fourth-order valence-electron chi connectivity index (χ4n) is 3.95. The van der Waals surface area contributed by atoms with Crippen LogP contribution in [-0.2, 0) is 9.59 Å². The molecule has 1 saturated heterocycles. The largest absolute Gasteiger partial charge is 0.507 e. The molecule has 4 rings (SSSR count). The molecule has 1 aliphatic rings. The number of nitrogens with zero attached hydrogens (tertiary/aromatic N) is 1. The highest BCUT2D eigenvalue weighted by molar-refractivity contribution is 6.51. The molecule has 31 heavy (non-hydrogen) atoms. The van der Waals surface area contributed by atoms with Crippen LogP contribution in [0.5, 0.6) is 5.75 Å². The number of anilines is 1. The SMILES string of the molecule is COc1cccc(/C(O)=C2\C(=O)C(=O)N(c3cccc(C)c3C)C2c2ccccc2)c1. The van der Waals surface area contributed by atoms with Crippen molar-refractivity contribution < 1.29 is 19.4 Å². The van der Waals surface area contributed by atoms with Crippen LogP contribution in [0.1, 0.15) is 28.3 Å². The van der Waals surface area contributed by atoms with Crippen molar-refractivity contribution in [3.63, 3.8) is 0 Å². The highest BCUT2D eigenvalue weighted by Crippen LogP contribution is 2.43. The molecule has 156 valence electrons. The summed E-state index contributed by atoms with van der Waals surface area (Å²) in [6, 6.07) is 21.0. The van der Waals surface area contributed by atoms with Gasteiger partial charge in [-0.05, 0) is 48.7 Å². The summed E-state index contributed by atoms with van der Waals surface area (Å²) in [6.07, 6.45) is 0. The second-order valence-corrected chi connectivity index (χ2v) is 7.53. The number of benzene rings is 3. The van der Waals surface area contributed by atoms with Crippen LogP contribution in [-0.4, -0.2) is 23.9 Å². The molecule has 3 aromatic rings.